The Morgan fingerprint density at radius 1 is 1.33 bits per heavy atom. The minimum Gasteiger partial charge on any atom is -0.468 e. The van der Waals surface area contributed by atoms with Crippen LogP contribution in [0.2, 0.25) is 0 Å². The molecule has 0 amide bonds. The van der Waals surface area contributed by atoms with Gasteiger partial charge in [0.1, 0.15) is 11.7 Å². The van der Waals surface area contributed by atoms with Crippen LogP contribution in [-0.4, -0.2) is 23.0 Å². The van der Waals surface area contributed by atoms with Gasteiger partial charge in [-0.1, -0.05) is 34.6 Å². The molecule has 0 N–H and O–H groups in total. The molecule has 0 aromatic carbocycles. The van der Waals surface area contributed by atoms with Gasteiger partial charge in [-0.05, 0) is 12.0 Å². The minimum absolute atomic E-state index is 0.0602. The predicted molar refractivity (Wildman–Crippen MR) is 70.3 cm³/mol. The summed E-state index contributed by atoms with van der Waals surface area (Å²) < 4.78 is 4.83. The van der Waals surface area contributed by atoms with E-state index in [0.717, 1.165) is 5.69 Å². The van der Waals surface area contributed by atoms with E-state index in [-0.39, 0.29) is 17.3 Å². The fraction of sp³-hybridized carbons (Fsp3) is 0.643. The van der Waals surface area contributed by atoms with Gasteiger partial charge in [0.2, 0.25) is 0 Å². The van der Waals surface area contributed by atoms with Crippen LogP contribution in [0.15, 0.2) is 12.3 Å². The summed E-state index contributed by atoms with van der Waals surface area (Å²) in [6, 6.07) is 1.89. The van der Waals surface area contributed by atoms with E-state index in [1.165, 1.54) is 7.11 Å². The minimum atomic E-state index is -0.405. The first-order valence-electron chi connectivity index (χ1n) is 6.18. The Bertz CT molecular complexity index is 422. The largest absolute Gasteiger partial charge is 0.468 e. The first-order valence-corrected chi connectivity index (χ1v) is 6.18. The van der Waals surface area contributed by atoms with Crippen LogP contribution >= 0.6 is 0 Å². The molecule has 4 heteroatoms. The lowest BCUT2D eigenvalue weighted by atomic mass is 9.90. The van der Waals surface area contributed by atoms with Gasteiger partial charge in [-0.2, -0.15) is 0 Å². The quantitative estimate of drug-likeness (QED) is 0.774. The first-order chi connectivity index (χ1) is 8.27. The average molecular weight is 250 g/mol. The fourth-order valence-electron chi connectivity index (χ4n) is 1.74. The molecule has 0 saturated heterocycles. The summed E-state index contributed by atoms with van der Waals surface area (Å²) in [6.45, 7) is 10.2. The van der Waals surface area contributed by atoms with Crippen LogP contribution in [0.3, 0.4) is 0 Å². The molecule has 1 aromatic rings. The normalized spacial score (nSPS) is 13.5. The Hall–Kier alpha value is -1.45. The topological polar surface area (TPSA) is 52.1 Å². The number of carbonyl (C=O) groups excluding carboxylic acids is 1. The second-order valence-electron chi connectivity index (χ2n) is 5.79. The Labute approximate surface area is 109 Å². The molecule has 0 aliphatic rings. The molecule has 0 radical (unpaired) electrons. The Morgan fingerprint density at radius 2 is 1.94 bits per heavy atom. The van der Waals surface area contributed by atoms with Crippen molar-refractivity contribution >= 4 is 5.97 Å². The molecule has 0 aliphatic carbocycles. The van der Waals surface area contributed by atoms with Crippen LogP contribution in [-0.2, 0) is 14.9 Å². The van der Waals surface area contributed by atoms with Gasteiger partial charge >= 0.3 is 5.97 Å². The smallest absolute Gasteiger partial charge is 0.316 e. The summed E-state index contributed by atoms with van der Waals surface area (Å²) in [7, 11) is 1.39. The number of nitrogens with zero attached hydrogens (tertiary/aromatic N) is 2. The Kier molecular flexibility index (Phi) is 4.43. The molecule has 1 rings (SSSR count). The van der Waals surface area contributed by atoms with Gasteiger partial charge < -0.3 is 4.74 Å². The molecule has 0 aliphatic heterocycles. The van der Waals surface area contributed by atoms with Crippen LogP contribution in [0.25, 0.3) is 0 Å². The van der Waals surface area contributed by atoms with Crippen molar-refractivity contribution in [1.82, 2.24) is 9.97 Å². The highest BCUT2D eigenvalue weighted by Gasteiger charge is 2.29. The van der Waals surface area contributed by atoms with Gasteiger partial charge in [-0.3, -0.25) is 4.79 Å². The summed E-state index contributed by atoms with van der Waals surface area (Å²) in [6.07, 6.45) is 1.71. The Balaban J connectivity index is 3.18. The number of methoxy groups -OCH3 is 1. The second-order valence-corrected chi connectivity index (χ2v) is 5.79. The molecule has 1 unspecified atom stereocenters. The highest BCUT2D eigenvalue weighted by molar-refractivity contribution is 5.77. The van der Waals surface area contributed by atoms with Gasteiger partial charge in [-0.25, -0.2) is 9.97 Å². The SMILES string of the molecule is COC(=O)C(c1nccc(C(C)(C)C)n1)C(C)C. The lowest BCUT2D eigenvalue weighted by Gasteiger charge is -2.21. The van der Waals surface area contributed by atoms with E-state index in [1.54, 1.807) is 6.20 Å². The third-order valence-corrected chi connectivity index (χ3v) is 2.84. The summed E-state index contributed by atoms with van der Waals surface area (Å²) in [5.74, 6) is -0.0368. The van der Waals surface area contributed by atoms with Crippen molar-refractivity contribution in [3.05, 3.63) is 23.8 Å². The third-order valence-electron chi connectivity index (χ3n) is 2.84. The zero-order valence-electron chi connectivity index (χ0n) is 12.0. The number of rotatable bonds is 3. The summed E-state index contributed by atoms with van der Waals surface area (Å²) in [4.78, 5) is 20.6. The summed E-state index contributed by atoms with van der Waals surface area (Å²) >= 11 is 0. The molecule has 0 saturated carbocycles. The van der Waals surface area contributed by atoms with E-state index in [2.05, 4.69) is 30.7 Å². The van der Waals surface area contributed by atoms with Crippen molar-refractivity contribution in [3.63, 3.8) is 0 Å². The van der Waals surface area contributed by atoms with Crippen molar-refractivity contribution in [2.45, 2.75) is 46.0 Å². The van der Waals surface area contributed by atoms with E-state index in [4.69, 9.17) is 4.74 Å². The van der Waals surface area contributed by atoms with Crippen molar-refractivity contribution in [3.8, 4) is 0 Å². The first kappa shape index (κ1) is 14.6. The lowest BCUT2D eigenvalue weighted by molar-refractivity contribution is -0.143. The third kappa shape index (κ3) is 3.28. The Morgan fingerprint density at radius 3 is 2.39 bits per heavy atom. The van der Waals surface area contributed by atoms with Gasteiger partial charge in [0, 0.05) is 17.3 Å². The molecule has 1 atom stereocenters. The molecule has 0 spiro atoms. The van der Waals surface area contributed by atoms with E-state index < -0.39 is 5.92 Å². The number of hydrogen-bond acceptors (Lipinski definition) is 4. The van der Waals surface area contributed by atoms with E-state index in [9.17, 15) is 4.79 Å². The number of carbonyl (C=O) groups is 1. The highest BCUT2D eigenvalue weighted by Crippen LogP contribution is 2.25. The van der Waals surface area contributed by atoms with Crippen molar-refractivity contribution < 1.29 is 9.53 Å². The van der Waals surface area contributed by atoms with Gasteiger partial charge in [0.25, 0.3) is 0 Å². The van der Waals surface area contributed by atoms with E-state index in [1.807, 2.05) is 19.9 Å². The van der Waals surface area contributed by atoms with Crippen LogP contribution in [0.5, 0.6) is 0 Å². The second kappa shape index (κ2) is 5.46. The number of ether oxygens (including phenoxy) is 1. The standard InChI is InChI=1S/C14H22N2O2/c1-9(2)11(13(17)18-6)12-15-8-7-10(16-12)14(3,4)5/h7-9,11H,1-6H3. The number of hydrogen-bond donors (Lipinski definition) is 0. The maximum atomic E-state index is 11.8. The maximum Gasteiger partial charge on any atom is 0.316 e. The molecule has 0 bridgehead atoms. The summed E-state index contributed by atoms with van der Waals surface area (Å²) in [5.41, 5.74) is 0.872. The maximum absolute atomic E-state index is 11.8. The predicted octanol–water partition coefficient (Wildman–Crippen LogP) is 2.69. The van der Waals surface area contributed by atoms with E-state index in [0.29, 0.717) is 5.82 Å². The van der Waals surface area contributed by atoms with Crippen molar-refractivity contribution in [1.29, 1.82) is 0 Å². The van der Waals surface area contributed by atoms with Gasteiger partial charge in [-0.15, -0.1) is 0 Å². The lowest BCUT2D eigenvalue weighted by Crippen LogP contribution is -2.24. The fourth-order valence-corrected chi connectivity index (χ4v) is 1.74. The van der Waals surface area contributed by atoms with Crippen LogP contribution < -0.4 is 0 Å². The van der Waals surface area contributed by atoms with Crippen LogP contribution in [0.1, 0.15) is 52.1 Å². The zero-order chi connectivity index (χ0) is 13.9. The molecular weight excluding hydrogens is 228 g/mol. The van der Waals surface area contributed by atoms with Crippen molar-refractivity contribution in [2.75, 3.05) is 7.11 Å². The number of aromatic nitrogens is 2. The van der Waals surface area contributed by atoms with Crippen molar-refractivity contribution in [2.24, 2.45) is 5.92 Å². The summed E-state index contributed by atoms with van der Waals surface area (Å²) in [5, 5.41) is 0. The van der Waals surface area contributed by atoms with E-state index >= 15 is 0 Å². The zero-order valence-corrected chi connectivity index (χ0v) is 12.0. The molecule has 4 nitrogen and oxygen atoms in total. The van der Waals surface area contributed by atoms with Crippen LogP contribution in [0, 0.1) is 5.92 Å². The molecule has 18 heavy (non-hydrogen) atoms. The molecule has 0 fully saturated rings. The molecule has 1 heterocycles. The molecular formula is C14H22N2O2. The average Bonchev–Trinajstić information content (AvgIpc) is 2.27. The van der Waals surface area contributed by atoms with Gasteiger partial charge in [0.05, 0.1) is 7.11 Å². The number of esters is 1. The monoisotopic (exact) mass is 250 g/mol. The molecule has 100 valence electrons. The highest BCUT2D eigenvalue weighted by atomic mass is 16.5. The molecule has 1 aromatic heterocycles. The van der Waals surface area contributed by atoms with Gasteiger partial charge in [0.15, 0.2) is 0 Å². The van der Waals surface area contributed by atoms with Crippen LogP contribution in [0.4, 0.5) is 0 Å².